The van der Waals surface area contributed by atoms with Crippen LogP contribution in [0.1, 0.15) is 46.1 Å². The lowest BCUT2D eigenvalue weighted by atomic mass is 9.74. The predicted molar refractivity (Wildman–Crippen MR) is 119 cm³/mol. The number of hydrogen-bond donors (Lipinski definition) is 2. The molecule has 2 aliphatic heterocycles. The van der Waals surface area contributed by atoms with Gasteiger partial charge >= 0.3 is 0 Å². The molecule has 1 unspecified atom stereocenters. The molecule has 0 bridgehead atoms. The molecule has 1 aromatic rings. The summed E-state index contributed by atoms with van der Waals surface area (Å²) in [4.78, 5) is 4.98. The first-order valence-electron chi connectivity index (χ1n) is 10.9. The van der Waals surface area contributed by atoms with Gasteiger partial charge in [-0.2, -0.15) is 0 Å². The number of aliphatic imine (C=N–C) groups is 1. The number of guanidine groups is 1. The van der Waals surface area contributed by atoms with E-state index in [1.807, 2.05) is 6.07 Å². The van der Waals surface area contributed by atoms with Gasteiger partial charge in [-0.25, -0.2) is 0 Å². The van der Waals surface area contributed by atoms with Crippen LogP contribution >= 0.6 is 0 Å². The topological polar surface area (TPSA) is 73.3 Å². The first-order valence-corrected chi connectivity index (χ1v) is 10.9. The van der Waals surface area contributed by atoms with Crippen molar-refractivity contribution in [1.82, 2.24) is 10.6 Å². The van der Waals surface area contributed by atoms with E-state index in [1.54, 1.807) is 7.11 Å². The maximum atomic E-state index is 5.68. The second-order valence-electron chi connectivity index (χ2n) is 9.13. The van der Waals surface area contributed by atoms with Crippen molar-refractivity contribution in [3.8, 4) is 11.5 Å². The minimum absolute atomic E-state index is 0.0491. The molecule has 7 nitrogen and oxygen atoms in total. The number of benzene rings is 1. The molecule has 0 spiro atoms. The van der Waals surface area contributed by atoms with E-state index in [0.29, 0.717) is 13.1 Å². The molecule has 7 heteroatoms. The van der Waals surface area contributed by atoms with Crippen molar-refractivity contribution in [2.45, 2.75) is 52.1 Å². The van der Waals surface area contributed by atoms with Gasteiger partial charge in [0.1, 0.15) is 0 Å². The third-order valence-corrected chi connectivity index (χ3v) is 6.02. The summed E-state index contributed by atoms with van der Waals surface area (Å²) in [7, 11) is 1.76. The van der Waals surface area contributed by atoms with Crippen molar-refractivity contribution in [1.29, 1.82) is 0 Å². The predicted octanol–water partition coefficient (Wildman–Crippen LogP) is 3.08. The normalized spacial score (nSPS) is 19.4. The molecule has 2 N–H and O–H groups in total. The van der Waals surface area contributed by atoms with Gasteiger partial charge in [0.05, 0.1) is 12.6 Å². The van der Waals surface area contributed by atoms with Crippen LogP contribution in [-0.4, -0.2) is 58.8 Å². The molecule has 0 aliphatic carbocycles. The maximum absolute atomic E-state index is 5.68. The fourth-order valence-corrected chi connectivity index (χ4v) is 4.03. The third-order valence-electron chi connectivity index (χ3n) is 6.02. The average molecular weight is 420 g/mol. The highest BCUT2D eigenvalue weighted by molar-refractivity contribution is 5.79. The van der Waals surface area contributed by atoms with E-state index in [-0.39, 0.29) is 23.7 Å². The zero-order chi connectivity index (χ0) is 21.6. The lowest BCUT2D eigenvalue weighted by Crippen LogP contribution is -2.46. The lowest BCUT2D eigenvalue weighted by Gasteiger charge is -2.37. The summed E-state index contributed by atoms with van der Waals surface area (Å²) in [6, 6.07) is 6.27. The Hall–Kier alpha value is -1.99. The zero-order valence-corrected chi connectivity index (χ0v) is 19.0. The van der Waals surface area contributed by atoms with Gasteiger partial charge in [0.2, 0.25) is 6.79 Å². The fourth-order valence-electron chi connectivity index (χ4n) is 4.03. The van der Waals surface area contributed by atoms with Crippen LogP contribution in [-0.2, 0) is 14.9 Å². The number of rotatable bonds is 7. The summed E-state index contributed by atoms with van der Waals surface area (Å²) >= 11 is 0. The minimum Gasteiger partial charge on any atom is -0.454 e. The quantitative estimate of drug-likeness (QED) is 0.523. The fraction of sp³-hybridized carbons (Fsp3) is 0.696. The van der Waals surface area contributed by atoms with Gasteiger partial charge in [-0.1, -0.05) is 26.8 Å². The Balaban J connectivity index is 1.77. The number of methoxy groups -OCH3 is 1. The smallest absolute Gasteiger partial charge is 0.231 e. The van der Waals surface area contributed by atoms with Crippen LogP contribution in [0.2, 0.25) is 0 Å². The van der Waals surface area contributed by atoms with Crippen LogP contribution < -0.4 is 20.1 Å². The number of fused-ring (bicyclic) bond motifs is 1. The highest BCUT2D eigenvalue weighted by Gasteiger charge is 2.36. The van der Waals surface area contributed by atoms with Crippen LogP contribution in [0.4, 0.5) is 0 Å². The van der Waals surface area contributed by atoms with Crippen molar-refractivity contribution < 1.29 is 18.9 Å². The van der Waals surface area contributed by atoms with Gasteiger partial charge in [-0.05, 0) is 42.9 Å². The van der Waals surface area contributed by atoms with E-state index in [4.69, 9.17) is 23.9 Å². The maximum Gasteiger partial charge on any atom is 0.231 e. The molecule has 0 radical (unpaired) electrons. The number of ether oxygens (including phenoxy) is 4. The average Bonchev–Trinajstić information content (AvgIpc) is 3.20. The highest BCUT2D eigenvalue weighted by atomic mass is 16.7. The number of hydrogen-bond acceptors (Lipinski definition) is 5. The molecule has 1 aromatic carbocycles. The molecule has 0 aromatic heterocycles. The molecular formula is C23H37N3O4. The Kier molecular flexibility index (Phi) is 7.47. The second kappa shape index (κ2) is 9.88. The van der Waals surface area contributed by atoms with E-state index in [9.17, 15) is 0 Å². The van der Waals surface area contributed by atoms with Crippen molar-refractivity contribution in [3.63, 3.8) is 0 Å². The first-order chi connectivity index (χ1) is 14.4. The molecule has 1 saturated heterocycles. The Morgan fingerprint density at radius 2 is 1.90 bits per heavy atom. The number of nitrogens with zero attached hydrogens (tertiary/aromatic N) is 1. The molecular weight excluding hydrogens is 382 g/mol. The standard InChI is InChI=1S/C23H37N3O4/c1-6-24-21(25-14-20(27-5)22(2,3)4)26-15-23(9-11-28-12-10-23)17-7-8-18-19(13-17)30-16-29-18/h7-8,13,20H,6,9-12,14-16H2,1-5H3,(H2,24,25,26). The van der Waals surface area contributed by atoms with E-state index in [0.717, 1.165) is 50.1 Å². The molecule has 2 aliphatic rings. The van der Waals surface area contributed by atoms with Crippen LogP contribution in [0.15, 0.2) is 23.2 Å². The van der Waals surface area contributed by atoms with E-state index < -0.39 is 0 Å². The van der Waals surface area contributed by atoms with E-state index in [1.165, 1.54) is 5.56 Å². The zero-order valence-electron chi connectivity index (χ0n) is 19.0. The molecule has 168 valence electrons. The van der Waals surface area contributed by atoms with Gasteiger partial charge in [-0.15, -0.1) is 0 Å². The largest absolute Gasteiger partial charge is 0.454 e. The first kappa shape index (κ1) is 22.7. The summed E-state index contributed by atoms with van der Waals surface area (Å²) in [6.07, 6.45) is 1.95. The van der Waals surface area contributed by atoms with Crippen LogP contribution in [0.3, 0.4) is 0 Å². The van der Waals surface area contributed by atoms with E-state index in [2.05, 4.69) is 50.5 Å². The Morgan fingerprint density at radius 1 is 1.17 bits per heavy atom. The van der Waals surface area contributed by atoms with Crippen molar-refractivity contribution in [3.05, 3.63) is 23.8 Å². The molecule has 2 heterocycles. The lowest BCUT2D eigenvalue weighted by molar-refractivity contribution is 0.0205. The van der Waals surface area contributed by atoms with Gasteiger partial charge < -0.3 is 29.6 Å². The molecule has 30 heavy (non-hydrogen) atoms. The Labute approximate surface area is 180 Å². The van der Waals surface area contributed by atoms with Crippen molar-refractivity contribution in [2.75, 3.05) is 46.8 Å². The van der Waals surface area contributed by atoms with Crippen molar-refractivity contribution in [2.24, 2.45) is 10.4 Å². The summed E-state index contributed by atoms with van der Waals surface area (Å²) in [5.74, 6) is 2.45. The van der Waals surface area contributed by atoms with Gasteiger partial charge in [0, 0.05) is 38.8 Å². The third kappa shape index (κ3) is 5.38. The molecule has 0 saturated carbocycles. The van der Waals surface area contributed by atoms with Crippen molar-refractivity contribution >= 4 is 5.96 Å². The molecule has 1 atom stereocenters. The highest BCUT2D eigenvalue weighted by Crippen LogP contribution is 2.41. The Morgan fingerprint density at radius 3 is 2.57 bits per heavy atom. The van der Waals surface area contributed by atoms with Gasteiger partial charge in [0.15, 0.2) is 17.5 Å². The molecule has 3 rings (SSSR count). The minimum atomic E-state index is -0.0771. The van der Waals surface area contributed by atoms with Crippen LogP contribution in [0.5, 0.6) is 11.5 Å². The Bertz CT molecular complexity index is 724. The van der Waals surface area contributed by atoms with Crippen LogP contribution in [0, 0.1) is 5.41 Å². The summed E-state index contributed by atoms with van der Waals surface area (Å²) in [5.41, 5.74) is 1.21. The molecule has 1 fully saturated rings. The monoisotopic (exact) mass is 419 g/mol. The van der Waals surface area contributed by atoms with E-state index >= 15 is 0 Å². The van der Waals surface area contributed by atoms with Gasteiger partial charge in [-0.3, -0.25) is 4.99 Å². The van der Waals surface area contributed by atoms with Crippen LogP contribution in [0.25, 0.3) is 0 Å². The summed E-state index contributed by atoms with van der Waals surface area (Å²) in [5, 5.41) is 6.84. The SMILES string of the molecule is CCNC(=NCC1(c2ccc3c(c2)OCO3)CCOCC1)NCC(OC)C(C)(C)C. The second-order valence-corrected chi connectivity index (χ2v) is 9.13. The summed E-state index contributed by atoms with van der Waals surface area (Å²) < 4.78 is 22.5. The number of nitrogens with one attached hydrogen (secondary N) is 2. The molecule has 0 amide bonds. The van der Waals surface area contributed by atoms with Gasteiger partial charge in [0.25, 0.3) is 0 Å². The summed E-state index contributed by atoms with van der Waals surface area (Å²) in [6.45, 7) is 12.6.